The lowest BCUT2D eigenvalue weighted by molar-refractivity contribution is -0.109. The van der Waals surface area contributed by atoms with Crippen molar-refractivity contribution in [2.45, 2.75) is 45.7 Å². The molecule has 1 aliphatic rings. The molecular weight excluding hydrogens is 522 g/mol. The maximum Gasteiger partial charge on any atom is 0.207 e. The summed E-state index contributed by atoms with van der Waals surface area (Å²) in [7, 11) is 0. The van der Waals surface area contributed by atoms with Crippen molar-refractivity contribution in [2.75, 3.05) is 12.3 Å². The maximum absolute atomic E-state index is 10.5. The molecule has 0 saturated carbocycles. The summed E-state index contributed by atoms with van der Waals surface area (Å²) in [4.78, 5) is 24.8. The first-order valence-corrected chi connectivity index (χ1v) is 14.4. The Kier molecular flexibility index (Phi) is 10.9. The zero-order valence-corrected chi connectivity index (χ0v) is 24.3. The molecule has 5 rings (SSSR count). The van der Waals surface area contributed by atoms with Crippen LogP contribution in [0.4, 0.5) is 5.82 Å². The Balaban J connectivity index is 0.00000198. The van der Waals surface area contributed by atoms with E-state index >= 15 is 0 Å². The number of carbonyl (C=O) groups excluding carboxylic acids is 1. The van der Waals surface area contributed by atoms with E-state index in [1.165, 1.54) is 0 Å². The molecule has 8 heteroatoms. The molecule has 3 aromatic heterocycles. The molecular formula is C34H39N7O. The Morgan fingerprint density at radius 3 is 2.64 bits per heavy atom. The Morgan fingerprint density at radius 2 is 1.93 bits per heavy atom. The van der Waals surface area contributed by atoms with Gasteiger partial charge in [0, 0.05) is 31.0 Å². The van der Waals surface area contributed by atoms with Gasteiger partial charge in [0.15, 0.2) is 11.5 Å². The summed E-state index contributed by atoms with van der Waals surface area (Å²) in [5.41, 5.74) is 12.7. The first kappa shape index (κ1) is 30.1. The third-order valence-electron chi connectivity index (χ3n) is 6.75. The number of amides is 1. The molecule has 216 valence electrons. The third kappa shape index (κ3) is 7.27. The van der Waals surface area contributed by atoms with E-state index in [-0.39, 0.29) is 6.04 Å². The molecule has 1 aliphatic carbocycles. The van der Waals surface area contributed by atoms with E-state index in [1.54, 1.807) is 6.20 Å². The van der Waals surface area contributed by atoms with Crippen LogP contribution in [-0.4, -0.2) is 38.5 Å². The second-order valence-corrected chi connectivity index (χ2v) is 9.52. The quantitative estimate of drug-likeness (QED) is 0.109. The van der Waals surface area contributed by atoms with Gasteiger partial charge in [0.1, 0.15) is 11.3 Å². The number of anilines is 1. The number of hydrogen-bond donors (Lipinski definition) is 3. The number of aromatic nitrogens is 4. The van der Waals surface area contributed by atoms with Crippen molar-refractivity contribution in [3.63, 3.8) is 0 Å². The van der Waals surface area contributed by atoms with Crippen molar-refractivity contribution in [1.29, 1.82) is 0 Å². The largest absolute Gasteiger partial charge is 0.383 e. The minimum Gasteiger partial charge on any atom is -0.383 e. The fraction of sp³-hybridized carbons (Fsp3) is 0.235. The molecule has 0 fully saturated rings. The van der Waals surface area contributed by atoms with Crippen molar-refractivity contribution in [1.82, 2.24) is 30.2 Å². The normalized spacial score (nSPS) is 13.3. The summed E-state index contributed by atoms with van der Waals surface area (Å²) in [6.07, 6.45) is 17.6. The van der Waals surface area contributed by atoms with Gasteiger partial charge in [0.2, 0.25) is 6.41 Å². The fourth-order valence-electron chi connectivity index (χ4n) is 4.72. The van der Waals surface area contributed by atoms with Crippen LogP contribution in [-0.2, 0) is 11.3 Å². The van der Waals surface area contributed by atoms with Crippen LogP contribution < -0.4 is 16.4 Å². The summed E-state index contributed by atoms with van der Waals surface area (Å²) in [5, 5.41) is 6.18. The minimum absolute atomic E-state index is 0.120. The molecule has 0 spiro atoms. The molecule has 0 aliphatic heterocycles. The Labute approximate surface area is 247 Å². The van der Waals surface area contributed by atoms with E-state index in [4.69, 9.17) is 15.7 Å². The van der Waals surface area contributed by atoms with Crippen molar-refractivity contribution in [2.24, 2.45) is 0 Å². The van der Waals surface area contributed by atoms with E-state index in [0.29, 0.717) is 31.1 Å². The fourth-order valence-corrected chi connectivity index (χ4v) is 4.72. The Hall–Kier alpha value is -4.82. The van der Waals surface area contributed by atoms with Gasteiger partial charge in [-0.25, -0.2) is 15.0 Å². The number of fused-ring (bicyclic) bond motifs is 1. The standard InChI is InChI=1S/C32H33N7O.C2H6/c1-2-8-25(11-6-19-34-22-40)36-21-23-13-15-26(16-14-23)39-31(27-12-7-20-35-30(27)33)38-29-18-17-28(37-32(29)39)24-9-4-3-5-10-24;1-2/h2,4,6-7,9-18,20,22,25,36H,1,3,5,8,19,21H2,(H2,33,35)(H,34,40);1-2H3. The smallest absolute Gasteiger partial charge is 0.207 e. The van der Waals surface area contributed by atoms with E-state index in [9.17, 15) is 4.79 Å². The van der Waals surface area contributed by atoms with Crippen molar-refractivity contribution >= 4 is 29.0 Å². The molecule has 8 nitrogen and oxygen atoms in total. The summed E-state index contributed by atoms with van der Waals surface area (Å²) < 4.78 is 2.06. The van der Waals surface area contributed by atoms with Crippen LogP contribution in [0.5, 0.6) is 0 Å². The van der Waals surface area contributed by atoms with Crippen LogP contribution in [0.15, 0.2) is 97.8 Å². The lowest BCUT2D eigenvalue weighted by atomic mass is 10.0. The first-order chi connectivity index (χ1) is 20.7. The third-order valence-corrected chi connectivity index (χ3v) is 6.75. The number of pyridine rings is 2. The van der Waals surface area contributed by atoms with Gasteiger partial charge in [-0.05, 0) is 66.8 Å². The summed E-state index contributed by atoms with van der Waals surface area (Å²) in [6.45, 7) is 9.04. The van der Waals surface area contributed by atoms with Gasteiger partial charge in [-0.1, -0.05) is 62.4 Å². The SMILES string of the molecule is C=CCC(C=CCNC=O)NCc1ccc(-n2c(-c3cccnc3N)nc3ccc(C4=CCCC=C4)nc32)cc1.CC. The number of nitrogens with zero attached hydrogens (tertiary/aromatic N) is 4. The van der Waals surface area contributed by atoms with E-state index in [1.807, 2.05) is 50.3 Å². The van der Waals surface area contributed by atoms with E-state index in [2.05, 4.69) is 75.3 Å². The highest BCUT2D eigenvalue weighted by molar-refractivity contribution is 5.85. The number of carbonyl (C=O) groups is 1. The number of hydrogen-bond acceptors (Lipinski definition) is 6. The maximum atomic E-state index is 10.5. The molecule has 1 aromatic carbocycles. The number of imidazole rings is 1. The number of nitrogens with two attached hydrogens (primary N) is 1. The molecule has 4 N–H and O–H groups in total. The molecule has 1 unspecified atom stereocenters. The monoisotopic (exact) mass is 561 g/mol. The molecule has 0 radical (unpaired) electrons. The van der Waals surface area contributed by atoms with Gasteiger partial charge in [-0.3, -0.25) is 9.36 Å². The molecule has 3 heterocycles. The Bertz CT molecular complexity index is 1580. The Morgan fingerprint density at radius 1 is 1.10 bits per heavy atom. The van der Waals surface area contributed by atoms with Gasteiger partial charge in [0.05, 0.1) is 11.3 Å². The minimum atomic E-state index is 0.120. The lowest BCUT2D eigenvalue weighted by Crippen LogP contribution is -2.26. The van der Waals surface area contributed by atoms with Crippen LogP contribution in [0, 0.1) is 0 Å². The van der Waals surface area contributed by atoms with E-state index < -0.39 is 0 Å². The molecule has 4 aromatic rings. The lowest BCUT2D eigenvalue weighted by Gasteiger charge is -2.15. The number of allylic oxidation sites excluding steroid dienone is 4. The summed E-state index contributed by atoms with van der Waals surface area (Å²) >= 11 is 0. The molecule has 1 atom stereocenters. The highest BCUT2D eigenvalue weighted by atomic mass is 16.1. The molecule has 0 saturated heterocycles. The number of benzene rings is 1. The number of nitrogen functional groups attached to an aromatic ring is 1. The first-order valence-electron chi connectivity index (χ1n) is 14.4. The number of rotatable bonds is 12. The van der Waals surface area contributed by atoms with Gasteiger partial charge in [-0.15, -0.1) is 6.58 Å². The predicted molar refractivity (Wildman–Crippen MR) is 173 cm³/mol. The zero-order chi connectivity index (χ0) is 29.7. The molecule has 0 bridgehead atoms. The van der Waals surface area contributed by atoms with Crippen molar-refractivity contribution in [3.8, 4) is 17.1 Å². The van der Waals surface area contributed by atoms with Gasteiger partial charge in [0.25, 0.3) is 0 Å². The predicted octanol–water partition coefficient (Wildman–Crippen LogP) is 6.16. The number of nitrogens with one attached hydrogen (secondary N) is 2. The van der Waals surface area contributed by atoms with Crippen LogP contribution in [0.25, 0.3) is 33.8 Å². The van der Waals surface area contributed by atoms with Gasteiger partial charge >= 0.3 is 0 Å². The molecule has 42 heavy (non-hydrogen) atoms. The van der Waals surface area contributed by atoms with Gasteiger partial charge < -0.3 is 16.4 Å². The second kappa shape index (κ2) is 15.3. The second-order valence-electron chi connectivity index (χ2n) is 9.52. The van der Waals surface area contributed by atoms with Crippen molar-refractivity contribution < 1.29 is 4.79 Å². The van der Waals surface area contributed by atoms with Crippen LogP contribution in [0.1, 0.15) is 44.4 Å². The average molecular weight is 562 g/mol. The molecule has 1 amide bonds. The highest BCUT2D eigenvalue weighted by Gasteiger charge is 2.19. The van der Waals surface area contributed by atoms with Crippen LogP contribution >= 0.6 is 0 Å². The zero-order valence-electron chi connectivity index (χ0n) is 24.3. The van der Waals surface area contributed by atoms with Gasteiger partial charge in [-0.2, -0.15) is 0 Å². The van der Waals surface area contributed by atoms with Crippen LogP contribution in [0.3, 0.4) is 0 Å². The van der Waals surface area contributed by atoms with Crippen LogP contribution in [0.2, 0.25) is 0 Å². The van der Waals surface area contributed by atoms with E-state index in [0.717, 1.165) is 58.5 Å². The summed E-state index contributed by atoms with van der Waals surface area (Å²) in [6, 6.07) is 16.3. The van der Waals surface area contributed by atoms with Crippen molar-refractivity contribution in [3.05, 3.63) is 109 Å². The summed E-state index contributed by atoms with van der Waals surface area (Å²) in [5.74, 6) is 1.12. The highest BCUT2D eigenvalue weighted by Crippen LogP contribution is 2.31. The average Bonchev–Trinajstić information content (AvgIpc) is 3.42. The topological polar surface area (TPSA) is 111 Å².